The summed E-state index contributed by atoms with van der Waals surface area (Å²) in [5.74, 6) is 0.966. The van der Waals surface area contributed by atoms with Crippen LogP contribution in [0.25, 0.3) is 6.08 Å². The van der Waals surface area contributed by atoms with Crippen molar-refractivity contribution in [1.82, 2.24) is 24.9 Å². The molecule has 6 nitrogen and oxygen atoms in total. The Hall–Kier alpha value is -2.60. The highest BCUT2D eigenvalue weighted by atomic mass is 15.3. The average Bonchev–Trinajstić information content (AvgIpc) is 3.09. The number of aromatic nitrogens is 2. The maximum Gasteiger partial charge on any atom is 0.194 e. The Morgan fingerprint density at radius 3 is 2.62 bits per heavy atom. The van der Waals surface area contributed by atoms with Gasteiger partial charge in [0, 0.05) is 65.1 Å². The van der Waals surface area contributed by atoms with Gasteiger partial charge in [0.25, 0.3) is 0 Å². The average molecular weight is 352 g/mol. The maximum absolute atomic E-state index is 4.43. The van der Waals surface area contributed by atoms with Crippen molar-refractivity contribution in [3.63, 3.8) is 0 Å². The van der Waals surface area contributed by atoms with E-state index in [2.05, 4.69) is 61.6 Å². The number of benzene rings is 1. The fourth-order valence-corrected chi connectivity index (χ4v) is 3.12. The lowest BCUT2D eigenvalue weighted by atomic mass is 10.2. The van der Waals surface area contributed by atoms with Gasteiger partial charge in [0.2, 0.25) is 0 Å². The summed E-state index contributed by atoms with van der Waals surface area (Å²) in [6.45, 7) is 5.82. The van der Waals surface area contributed by atoms with Gasteiger partial charge in [0.15, 0.2) is 5.96 Å². The Morgan fingerprint density at radius 2 is 1.96 bits per heavy atom. The van der Waals surface area contributed by atoms with Gasteiger partial charge >= 0.3 is 0 Å². The number of hydrogen-bond acceptors (Lipinski definition) is 3. The fourth-order valence-electron chi connectivity index (χ4n) is 3.12. The van der Waals surface area contributed by atoms with E-state index in [-0.39, 0.29) is 0 Å². The van der Waals surface area contributed by atoms with Gasteiger partial charge in [-0.2, -0.15) is 5.10 Å². The second-order valence-corrected chi connectivity index (χ2v) is 6.52. The third-order valence-corrected chi connectivity index (χ3v) is 4.57. The molecule has 0 spiro atoms. The molecule has 0 saturated carbocycles. The number of aliphatic imine (C=N–C) groups is 1. The Kier molecular flexibility index (Phi) is 6.44. The van der Waals surface area contributed by atoms with Crippen molar-refractivity contribution in [3.05, 3.63) is 59.9 Å². The molecule has 1 saturated heterocycles. The molecule has 1 aromatic heterocycles. The second-order valence-electron chi connectivity index (χ2n) is 6.52. The number of aryl methyl sites for hydroxylation is 1. The van der Waals surface area contributed by atoms with E-state index in [1.54, 1.807) is 0 Å². The highest BCUT2D eigenvalue weighted by Crippen LogP contribution is 2.05. The molecular formula is C20H28N6. The molecule has 2 heterocycles. The number of hydrogen-bond donors (Lipinski definition) is 1. The highest BCUT2D eigenvalue weighted by Gasteiger charge is 2.18. The Labute approximate surface area is 155 Å². The first-order valence-electron chi connectivity index (χ1n) is 9.11. The standard InChI is InChI=1S/C20H28N6/c1-21-20(22-15-19-16-23-24(2)17-19)26-13-11-25(12-14-26)10-6-9-18-7-4-3-5-8-18/h3-9,16-17H,10-15H2,1-2H3,(H,21,22). The highest BCUT2D eigenvalue weighted by molar-refractivity contribution is 5.80. The number of piperazine rings is 1. The van der Waals surface area contributed by atoms with Crippen LogP contribution in [0.3, 0.4) is 0 Å². The summed E-state index contributed by atoms with van der Waals surface area (Å²) < 4.78 is 1.82. The molecule has 26 heavy (non-hydrogen) atoms. The predicted octanol–water partition coefficient (Wildman–Crippen LogP) is 1.83. The van der Waals surface area contributed by atoms with E-state index in [1.807, 2.05) is 37.2 Å². The van der Waals surface area contributed by atoms with Crippen LogP contribution in [0.4, 0.5) is 0 Å². The maximum atomic E-state index is 4.43. The zero-order valence-electron chi connectivity index (χ0n) is 15.7. The molecule has 0 aliphatic carbocycles. The van der Waals surface area contributed by atoms with Crippen LogP contribution in [-0.2, 0) is 13.6 Å². The Morgan fingerprint density at radius 1 is 1.19 bits per heavy atom. The molecule has 1 aromatic carbocycles. The van der Waals surface area contributed by atoms with Crippen molar-refractivity contribution in [1.29, 1.82) is 0 Å². The van der Waals surface area contributed by atoms with Gasteiger partial charge in [-0.15, -0.1) is 0 Å². The molecule has 0 atom stereocenters. The molecule has 1 fully saturated rings. The third-order valence-electron chi connectivity index (χ3n) is 4.57. The molecule has 1 N–H and O–H groups in total. The minimum absolute atomic E-state index is 0.751. The van der Waals surface area contributed by atoms with Crippen molar-refractivity contribution in [3.8, 4) is 0 Å². The van der Waals surface area contributed by atoms with Crippen LogP contribution in [0, 0.1) is 0 Å². The molecule has 2 aromatic rings. The fraction of sp³-hybridized carbons (Fsp3) is 0.400. The number of nitrogens with zero attached hydrogens (tertiary/aromatic N) is 5. The Balaban J connectivity index is 1.42. The zero-order valence-corrected chi connectivity index (χ0v) is 15.7. The lowest BCUT2D eigenvalue weighted by Crippen LogP contribution is -2.52. The molecule has 0 amide bonds. The summed E-state index contributed by atoms with van der Waals surface area (Å²) in [6, 6.07) is 10.5. The SMILES string of the molecule is CN=C(NCc1cnn(C)c1)N1CCN(CC=Cc2ccccc2)CC1. The van der Waals surface area contributed by atoms with Gasteiger partial charge in [0.1, 0.15) is 0 Å². The monoisotopic (exact) mass is 352 g/mol. The van der Waals surface area contributed by atoms with Crippen LogP contribution >= 0.6 is 0 Å². The van der Waals surface area contributed by atoms with Crippen LogP contribution in [-0.4, -0.2) is 65.3 Å². The van der Waals surface area contributed by atoms with Crippen LogP contribution in [0.1, 0.15) is 11.1 Å². The molecule has 1 aliphatic heterocycles. The van der Waals surface area contributed by atoms with Crippen LogP contribution in [0.15, 0.2) is 53.8 Å². The van der Waals surface area contributed by atoms with Crippen LogP contribution < -0.4 is 5.32 Å². The number of nitrogens with one attached hydrogen (secondary N) is 1. The smallest absolute Gasteiger partial charge is 0.194 e. The molecular weight excluding hydrogens is 324 g/mol. The molecule has 6 heteroatoms. The van der Waals surface area contributed by atoms with E-state index in [0.717, 1.165) is 45.2 Å². The van der Waals surface area contributed by atoms with Crippen molar-refractivity contribution < 1.29 is 0 Å². The largest absolute Gasteiger partial charge is 0.352 e. The first kappa shape index (κ1) is 18.2. The van der Waals surface area contributed by atoms with Gasteiger partial charge in [-0.1, -0.05) is 42.5 Å². The van der Waals surface area contributed by atoms with Crippen LogP contribution in [0.2, 0.25) is 0 Å². The van der Waals surface area contributed by atoms with Gasteiger partial charge < -0.3 is 10.2 Å². The van der Waals surface area contributed by atoms with Crippen molar-refractivity contribution in [2.75, 3.05) is 39.8 Å². The first-order chi connectivity index (χ1) is 12.7. The third kappa shape index (κ3) is 5.20. The van der Waals surface area contributed by atoms with E-state index in [9.17, 15) is 0 Å². The van der Waals surface area contributed by atoms with Crippen molar-refractivity contribution >= 4 is 12.0 Å². The first-order valence-corrected chi connectivity index (χ1v) is 9.11. The van der Waals surface area contributed by atoms with Gasteiger partial charge in [-0.3, -0.25) is 14.6 Å². The topological polar surface area (TPSA) is 48.7 Å². The van der Waals surface area contributed by atoms with E-state index in [4.69, 9.17) is 0 Å². The minimum Gasteiger partial charge on any atom is -0.352 e. The van der Waals surface area contributed by atoms with Crippen LogP contribution in [0.5, 0.6) is 0 Å². The molecule has 3 rings (SSSR count). The number of rotatable bonds is 5. The summed E-state index contributed by atoms with van der Waals surface area (Å²) in [5.41, 5.74) is 2.42. The lowest BCUT2D eigenvalue weighted by molar-refractivity contribution is 0.194. The van der Waals surface area contributed by atoms with E-state index in [1.165, 1.54) is 11.1 Å². The van der Waals surface area contributed by atoms with Gasteiger partial charge in [-0.05, 0) is 5.56 Å². The van der Waals surface area contributed by atoms with Gasteiger partial charge in [0.05, 0.1) is 6.20 Å². The quantitative estimate of drug-likeness (QED) is 0.659. The molecule has 0 bridgehead atoms. The second kappa shape index (κ2) is 9.20. The van der Waals surface area contributed by atoms with Crippen molar-refractivity contribution in [2.45, 2.75) is 6.54 Å². The normalized spacial score (nSPS) is 16.4. The zero-order chi connectivity index (χ0) is 18.2. The number of guanidine groups is 1. The predicted molar refractivity (Wildman–Crippen MR) is 107 cm³/mol. The summed E-state index contributed by atoms with van der Waals surface area (Å²) in [4.78, 5) is 9.24. The van der Waals surface area contributed by atoms with E-state index < -0.39 is 0 Å². The molecule has 138 valence electrons. The van der Waals surface area contributed by atoms with Crippen molar-refractivity contribution in [2.24, 2.45) is 12.0 Å². The summed E-state index contributed by atoms with van der Waals surface area (Å²) in [6.07, 6.45) is 8.36. The molecule has 0 unspecified atom stereocenters. The Bertz CT molecular complexity index is 726. The summed E-state index contributed by atoms with van der Waals surface area (Å²) in [5, 5.41) is 7.64. The minimum atomic E-state index is 0.751. The van der Waals surface area contributed by atoms with E-state index >= 15 is 0 Å². The summed E-state index contributed by atoms with van der Waals surface area (Å²) >= 11 is 0. The van der Waals surface area contributed by atoms with E-state index in [0.29, 0.717) is 0 Å². The van der Waals surface area contributed by atoms with Gasteiger partial charge in [-0.25, -0.2) is 0 Å². The lowest BCUT2D eigenvalue weighted by Gasteiger charge is -2.36. The molecule has 0 radical (unpaired) electrons. The molecule has 1 aliphatic rings. The summed E-state index contributed by atoms with van der Waals surface area (Å²) in [7, 11) is 3.78.